The number of nitrogens with zero attached hydrogens (tertiary/aromatic N) is 1. The van der Waals surface area contributed by atoms with Gasteiger partial charge in [0.25, 0.3) is 0 Å². The molecule has 21 heavy (non-hydrogen) atoms. The monoisotopic (exact) mass is 280 g/mol. The van der Waals surface area contributed by atoms with Crippen molar-refractivity contribution >= 4 is 22.7 Å². The molecular formula is C15H12N4O2. The van der Waals surface area contributed by atoms with Gasteiger partial charge >= 0.3 is 5.97 Å². The Hall–Kier alpha value is -2.86. The SMILES string of the molecule is O=C(O)c1ccc2c(c1)C(c1nc3ccccc3[nH]1)NN2. The average Bonchev–Trinajstić information content (AvgIpc) is 3.09. The lowest BCUT2D eigenvalue weighted by molar-refractivity contribution is 0.0697. The molecule has 1 atom stereocenters. The molecule has 2 heterocycles. The Morgan fingerprint density at radius 2 is 2.05 bits per heavy atom. The number of nitrogens with one attached hydrogen (secondary N) is 3. The van der Waals surface area contributed by atoms with Crippen molar-refractivity contribution in [2.75, 3.05) is 5.43 Å². The predicted molar refractivity (Wildman–Crippen MR) is 78.1 cm³/mol. The van der Waals surface area contributed by atoms with Crippen LogP contribution in [0.2, 0.25) is 0 Å². The highest BCUT2D eigenvalue weighted by Gasteiger charge is 2.27. The number of aromatic carboxylic acids is 1. The van der Waals surface area contributed by atoms with E-state index in [0.717, 1.165) is 28.1 Å². The molecule has 3 aromatic rings. The Bertz CT molecular complexity index is 823. The summed E-state index contributed by atoms with van der Waals surface area (Å²) in [6.45, 7) is 0. The number of aromatic nitrogens is 2. The quantitative estimate of drug-likeness (QED) is 0.578. The van der Waals surface area contributed by atoms with Crippen molar-refractivity contribution in [2.24, 2.45) is 0 Å². The van der Waals surface area contributed by atoms with E-state index in [4.69, 9.17) is 5.11 Å². The first-order chi connectivity index (χ1) is 10.2. The second kappa shape index (κ2) is 4.32. The standard InChI is InChI=1S/C15H12N4O2/c20-15(21)8-5-6-10-9(7-8)13(19-18-10)14-16-11-3-1-2-4-12(11)17-14/h1-7,13,18-19H,(H,16,17)(H,20,21). The van der Waals surface area contributed by atoms with Crippen LogP contribution in [0.1, 0.15) is 27.8 Å². The number of anilines is 1. The fourth-order valence-electron chi connectivity index (χ4n) is 2.60. The number of imidazole rings is 1. The largest absolute Gasteiger partial charge is 0.478 e. The number of carboxylic acids is 1. The van der Waals surface area contributed by atoms with E-state index in [-0.39, 0.29) is 11.6 Å². The molecule has 0 saturated carbocycles. The predicted octanol–water partition coefficient (Wildman–Crippen LogP) is 2.28. The molecule has 2 aromatic carbocycles. The Morgan fingerprint density at radius 3 is 2.86 bits per heavy atom. The number of hydrazine groups is 1. The van der Waals surface area contributed by atoms with Gasteiger partial charge in [-0.25, -0.2) is 15.2 Å². The summed E-state index contributed by atoms with van der Waals surface area (Å²) in [6, 6.07) is 12.6. The molecule has 0 saturated heterocycles. The van der Waals surface area contributed by atoms with Crippen LogP contribution >= 0.6 is 0 Å². The minimum atomic E-state index is -0.937. The number of para-hydroxylation sites is 2. The van der Waals surface area contributed by atoms with Crippen molar-refractivity contribution in [1.29, 1.82) is 0 Å². The van der Waals surface area contributed by atoms with Gasteiger partial charge in [-0.1, -0.05) is 12.1 Å². The van der Waals surface area contributed by atoms with Crippen LogP contribution in [0.25, 0.3) is 11.0 Å². The van der Waals surface area contributed by atoms with Crippen molar-refractivity contribution in [3.05, 3.63) is 59.4 Å². The Kier molecular flexibility index (Phi) is 2.45. The van der Waals surface area contributed by atoms with Gasteiger partial charge in [0, 0.05) is 5.56 Å². The minimum absolute atomic E-state index is 0.202. The smallest absolute Gasteiger partial charge is 0.335 e. The first-order valence-corrected chi connectivity index (χ1v) is 6.56. The normalized spacial score (nSPS) is 16.7. The van der Waals surface area contributed by atoms with Gasteiger partial charge in [-0.3, -0.25) is 0 Å². The lowest BCUT2D eigenvalue weighted by atomic mass is 10.0. The molecule has 4 rings (SSSR count). The van der Waals surface area contributed by atoms with Gasteiger partial charge in [0.15, 0.2) is 0 Å². The number of fused-ring (bicyclic) bond motifs is 2. The van der Waals surface area contributed by atoms with E-state index in [0.29, 0.717) is 0 Å². The maximum atomic E-state index is 11.1. The molecular weight excluding hydrogens is 268 g/mol. The molecule has 0 aliphatic carbocycles. The van der Waals surface area contributed by atoms with Crippen molar-refractivity contribution < 1.29 is 9.90 Å². The summed E-state index contributed by atoms with van der Waals surface area (Å²) in [7, 11) is 0. The molecule has 0 radical (unpaired) electrons. The maximum Gasteiger partial charge on any atom is 0.335 e. The zero-order valence-electron chi connectivity index (χ0n) is 10.9. The van der Waals surface area contributed by atoms with Gasteiger partial charge in [-0.05, 0) is 30.3 Å². The lowest BCUT2D eigenvalue weighted by Crippen LogP contribution is -2.20. The molecule has 1 unspecified atom stereocenters. The molecule has 1 aromatic heterocycles. The first kappa shape index (κ1) is 11.9. The molecule has 6 nitrogen and oxygen atoms in total. The van der Waals surface area contributed by atoms with Gasteiger partial charge in [0.1, 0.15) is 11.9 Å². The molecule has 0 amide bonds. The van der Waals surface area contributed by atoms with Crippen molar-refractivity contribution in [3.8, 4) is 0 Å². The van der Waals surface area contributed by atoms with E-state index in [1.807, 2.05) is 24.3 Å². The number of aromatic amines is 1. The number of carbonyl (C=O) groups is 1. The zero-order chi connectivity index (χ0) is 14.4. The van der Waals surface area contributed by atoms with Gasteiger partial charge in [0.2, 0.25) is 0 Å². The summed E-state index contributed by atoms with van der Waals surface area (Å²) in [4.78, 5) is 18.9. The Morgan fingerprint density at radius 1 is 1.19 bits per heavy atom. The number of hydrogen-bond acceptors (Lipinski definition) is 4. The maximum absolute atomic E-state index is 11.1. The third-order valence-corrected chi connectivity index (χ3v) is 3.64. The number of hydrogen-bond donors (Lipinski definition) is 4. The molecule has 0 fully saturated rings. The van der Waals surface area contributed by atoms with E-state index < -0.39 is 5.97 Å². The summed E-state index contributed by atoms with van der Waals surface area (Å²) < 4.78 is 0. The molecule has 1 aliphatic heterocycles. The molecule has 1 aliphatic rings. The summed E-state index contributed by atoms with van der Waals surface area (Å²) in [6.07, 6.45) is 0. The third kappa shape index (κ3) is 1.85. The van der Waals surface area contributed by atoms with Crippen molar-refractivity contribution in [1.82, 2.24) is 15.4 Å². The van der Waals surface area contributed by atoms with E-state index in [1.165, 1.54) is 0 Å². The van der Waals surface area contributed by atoms with Crippen molar-refractivity contribution in [3.63, 3.8) is 0 Å². The minimum Gasteiger partial charge on any atom is -0.478 e. The van der Waals surface area contributed by atoms with E-state index in [1.54, 1.807) is 18.2 Å². The van der Waals surface area contributed by atoms with Crippen molar-refractivity contribution in [2.45, 2.75) is 6.04 Å². The highest BCUT2D eigenvalue weighted by Crippen LogP contribution is 2.33. The van der Waals surface area contributed by atoms with Gasteiger partial charge < -0.3 is 15.5 Å². The second-order valence-corrected chi connectivity index (χ2v) is 4.95. The molecule has 104 valence electrons. The molecule has 6 heteroatoms. The van der Waals surface area contributed by atoms with Gasteiger partial charge in [-0.15, -0.1) is 0 Å². The highest BCUT2D eigenvalue weighted by molar-refractivity contribution is 5.89. The van der Waals surface area contributed by atoms with Crippen LogP contribution in [-0.4, -0.2) is 21.0 Å². The zero-order valence-corrected chi connectivity index (χ0v) is 10.9. The topological polar surface area (TPSA) is 90.0 Å². The van der Waals surface area contributed by atoms with E-state index in [2.05, 4.69) is 20.8 Å². The van der Waals surface area contributed by atoms with Crippen LogP contribution in [0.4, 0.5) is 5.69 Å². The van der Waals surface area contributed by atoms with Crippen LogP contribution in [0.15, 0.2) is 42.5 Å². The number of rotatable bonds is 2. The Labute approximate surface area is 119 Å². The average molecular weight is 280 g/mol. The van der Waals surface area contributed by atoms with Crippen LogP contribution in [0.3, 0.4) is 0 Å². The fourth-order valence-corrected chi connectivity index (χ4v) is 2.60. The summed E-state index contributed by atoms with van der Waals surface area (Å²) in [5.74, 6) is -0.182. The second-order valence-electron chi connectivity index (χ2n) is 4.95. The summed E-state index contributed by atoms with van der Waals surface area (Å²) >= 11 is 0. The van der Waals surface area contributed by atoms with Crippen LogP contribution in [-0.2, 0) is 0 Å². The van der Waals surface area contributed by atoms with Gasteiger partial charge in [-0.2, -0.15) is 0 Å². The number of benzene rings is 2. The van der Waals surface area contributed by atoms with Gasteiger partial charge in [0.05, 0.1) is 22.3 Å². The summed E-state index contributed by atoms with van der Waals surface area (Å²) in [5, 5.41) is 9.12. The lowest BCUT2D eigenvalue weighted by Gasteiger charge is -2.07. The van der Waals surface area contributed by atoms with Crippen LogP contribution in [0.5, 0.6) is 0 Å². The molecule has 4 N–H and O–H groups in total. The van der Waals surface area contributed by atoms with Crippen LogP contribution in [0, 0.1) is 0 Å². The Balaban J connectivity index is 1.82. The molecule has 0 bridgehead atoms. The summed E-state index contributed by atoms with van der Waals surface area (Å²) in [5.41, 5.74) is 10.0. The molecule has 0 spiro atoms. The fraction of sp³-hybridized carbons (Fsp3) is 0.0667. The number of carboxylic acid groups (broad SMARTS) is 1. The van der Waals surface area contributed by atoms with E-state index in [9.17, 15) is 4.79 Å². The number of H-pyrrole nitrogens is 1. The van der Waals surface area contributed by atoms with E-state index >= 15 is 0 Å². The first-order valence-electron chi connectivity index (χ1n) is 6.56. The van der Waals surface area contributed by atoms with Crippen LogP contribution < -0.4 is 10.9 Å². The highest BCUT2D eigenvalue weighted by atomic mass is 16.4. The third-order valence-electron chi connectivity index (χ3n) is 3.64.